The van der Waals surface area contributed by atoms with E-state index >= 15 is 0 Å². The van der Waals surface area contributed by atoms with E-state index in [-0.39, 0.29) is 23.6 Å². The van der Waals surface area contributed by atoms with Crippen LogP contribution in [-0.4, -0.2) is 54.5 Å². The van der Waals surface area contributed by atoms with Crippen LogP contribution in [0.5, 0.6) is 0 Å². The first-order valence-corrected chi connectivity index (χ1v) is 7.64. The average molecular weight is 308 g/mol. The highest BCUT2D eigenvalue weighted by Gasteiger charge is 2.54. The summed E-state index contributed by atoms with van der Waals surface area (Å²) in [5, 5.41) is 3.25. The first-order valence-electron chi connectivity index (χ1n) is 7.64. The van der Waals surface area contributed by atoms with Crippen LogP contribution in [0.25, 0.3) is 0 Å². The van der Waals surface area contributed by atoms with Gasteiger partial charge in [0, 0.05) is 24.5 Å². The zero-order valence-corrected chi connectivity index (χ0v) is 13.5. The number of ether oxygens (including phenoxy) is 1. The molecular weight excluding hydrogens is 281 g/mol. The Labute approximate surface area is 125 Å². The minimum absolute atomic E-state index is 0.0282. The zero-order chi connectivity index (χ0) is 16.1. The SMILES string of the molecule is CNC1C(CN(CC(F)(F)F)C2CC2)C(C)(C)OC1(C)C. The molecular formula is C15H27F3N2O. The third-order valence-corrected chi connectivity index (χ3v) is 4.76. The summed E-state index contributed by atoms with van der Waals surface area (Å²) in [5.74, 6) is 0.0282. The standard InChI is InChI=1S/C15H27F3N2O/c1-13(2)11(12(19-5)14(3,4)21-13)8-20(10-6-7-10)9-15(16,17)18/h10-12,19H,6-9H2,1-5H3. The molecule has 2 unspecified atom stereocenters. The van der Waals surface area contributed by atoms with Crippen molar-refractivity contribution in [3.63, 3.8) is 0 Å². The third-order valence-electron chi connectivity index (χ3n) is 4.76. The highest BCUT2D eigenvalue weighted by Crippen LogP contribution is 2.44. The predicted molar refractivity (Wildman–Crippen MR) is 76.2 cm³/mol. The molecule has 2 atom stereocenters. The molecule has 124 valence electrons. The lowest BCUT2D eigenvalue weighted by Crippen LogP contribution is -2.51. The van der Waals surface area contributed by atoms with Crippen LogP contribution < -0.4 is 5.32 Å². The van der Waals surface area contributed by atoms with E-state index in [4.69, 9.17) is 4.74 Å². The van der Waals surface area contributed by atoms with Gasteiger partial charge in [-0.1, -0.05) is 0 Å². The second-order valence-corrected chi connectivity index (χ2v) is 7.46. The summed E-state index contributed by atoms with van der Waals surface area (Å²) >= 11 is 0. The normalized spacial score (nSPS) is 31.9. The Kier molecular flexibility index (Phi) is 4.37. The van der Waals surface area contributed by atoms with Crippen molar-refractivity contribution < 1.29 is 17.9 Å². The zero-order valence-electron chi connectivity index (χ0n) is 13.5. The van der Waals surface area contributed by atoms with Crippen molar-refractivity contribution in [3.8, 4) is 0 Å². The maximum atomic E-state index is 12.8. The maximum Gasteiger partial charge on any atom is 0.401 e. The molecule has 0 bridgehead atoms. The van der Waals surface area contributed by atoms with Crippen LogP contribution in [0.4, 0.5) is 13.2 Å². The fraction of sp³-hybridized carbons (Fsp3) is 1.00. The van der Waals surface area contributed by atoms with Crippen LogP contribution in [0.1, 0.15) is 40.5 Å². The van der Waals surface area contributed by atoms with Crippen molar-refractivity contribution in [2.24, 2.45) is 5.92 Å². The van der Waals surface area contributed by atoms with Gasteiger partial charge in [0.1, 0.15) is 0 Å². The van der Waals surface area contributed by atoms with E-state index < -0.39 is 18.3 Å². The van der Waals surface area contributed by atoms with Crippen molar-refractivity contribution in [2.75, 3.05) is 20.1 Å². The number of likely N-dealkylation sites (N-methyl/N-ethyl adjacent to an activating group) is 1. The van der Waals surface area contributed by atoms with E-state index in [2.05, 4.69) is 5.32 Å². The Hall–Kier alpha value is -0.330. The quantitative estimate of drug-likeness (QED) is 0.845. The summed E-state index contributed by atoms with van der Waals surface area (Å²) < 4.78 is 44.5. The summed E-state index contributed by atoms with van der Waals surface area (Å²) in [6.45, 7) is 7.57. The Morgan fingerprint density at radius 1 is 1.14 bits per heavy atom. The smallest absolute Gasteiger partial charge is 0.368 e. The van der Waals surface area contributed by atoms with Gasteiger partial charge in [-0.3, -0.25) is 4.90 Å². The maximum absolute atomic E-state index is 12.8. The monoisotopic (exact) mass is 308 g/mol. The molecule has 0 aromatic heterocycles. The van der Waals surface area contributed by atoms with Gasteiger partial charge in [0.15, 0.2) is 0 Å². The minimum atomic E-state index is -4.14. The molecule has 2 rings (SSSR count). The lowest BCUT2D eigenvalue weighted by Gasteiger charge is -2.34. The van der Waals surface area contributed by atoms with Gasteiger partial charge in [0.2, 0.25) is 0 Å². The molecule has 0 aromatic rings. The van der Waals surface area contributed by atoms with Gasteiger partial charge in [-0.05, 0) is 47.6 Å². The van der Waals surface area contributed by atoms with E-state index in [0.717, 1.165) is 12.8 Å². The molecule has 21 heavy (non-hydrogen) atoms. The third kappa shape index (κ3) is 3.90. The lowest BCUT2D eigenvalue weighted by atomic mass is 9.82. The summed E-state index contributed by atoms with van der Waals surface area (Å²) in [5.41, 5.74) is -0.813. The second-order valence-electron chi connectivity index (χ2n) is 7.46. The fourth-order valence-corrected chi connectivity index (χ4v) is 3.84. The van der Waals surface area contributed by atoms with Gasteiger partial charge in [-0.25, -0.2) is 0 Å². The van der Waals surface area contributed by atoms with Crippen molar-refractivity contribution in [1.82, 2.24) is 10.2 Å². The Balaban J connectivity index is 2.14. The van der Waals surface area contributed by atoms with Gasteiger partial charge >= 0.3 is 6.18 Å². The number of alkyl halides is 3. The number of halogens is 3. The topological polar surface area (TPSA) is 24.5 Å². The molecule has 0 radical (unpaired) electrons. The van der Waals surface area contributed by atoms with Gasteiger partial charge in [0.05, 0.1) is 17.7 Å². The Morgan fingerprint density at radius 3 is 2.14 bits per heavy atom. The molecule has 0 aromatic carbocycles. The highest BCUT2D eigenvalue weighted by atomic mass is 19.4. The van der Waals surface area contributed by atoms with Gasteiger partial charge in [-0.15, -0.1) is 0 Å². The summed E-state index contributed by atoms with van der Waals surface area (Å²) in [4.78, 5) is 1.60. The molecule has 2 fully saturated rings. The number of hydrogen-bond donors (Lipinski definition) is 1. The molecule has 1 aliphatic heterocycles. The molecule has 0 amide bonds. The average Bonchev–Trinajstić information content (AvgIpc) is 3.04. The molecule has 1 aliphatic carbocycles. The molecule has 1 saturated heterocycles. The second kappa shape index (κ2) is 5.39. The fourth-order valence-electron chi connectivity index (χ4n) is 3.84. The lowest BCUT2D eigenvalue weighted by molar-refractivity contribution is -0.150. The van der Waals surface area contributed by atoms with Crippen molar-refractivity contribution in [3.05, 3.63) is 0 Å². The van der Waals surface area contributed by atoms with E-state index in [9.17, 15) is 13.2 Å². The summed E-state index contributed by atoms with van der Waals surface area (Å²) in [6, 6.07) is 0.130. The van der Waals surface area contributed by atoms with Gasteiger partial charge in [-0.2, -0.15) is 13.2 Å². The van der Waals surface area contributed by atoms with Crippen LogP contribution >= 0.6 is 0 Å². The first kappa shape index (κ1) is 17.0. The molecule has 0 spiro atoms. The van der Waals surface area contributed by atoms with E-state index in [0.29, 0.717) is 6.54 Å². The van der Waals surface area contributed by atoms with E-state index in [1.54, 1.807) is 4.90 Å². The van der Waals surface area contributed by atoms with Crippen molar-refractivity contribution in [1.29, 1.82) is 0 Å². The number of nitrogens with one attached hydrogen (secondary N) is 1. The molecule has 6 heteroatoms. The Bertz CT molecular complexity index is 378. The highest BCUT2D eigenvalue weighted by molar-refractivity contribution is 5.06. The van der Waals surface area contributed by atoms with Crippen molar-refractivity contribution in [2.45, 2.75) is 70.0 Å². The van der Waals surface area contributed by atoms with Crippen molar-refractivity contribution >= 4 is 0 Å². The van der Waals surface area contributed by atoms with Crippen LogP contribution in [-0.2, 0) is 4.74 Å². The Morgan fingerprint density at radius 2 is 1.71 bits per heavy atom. The van der Waals surface area contributed by atoms with Crippen LogP contribution in [0, 0.1) is 5.92 Å². The summed E-state index contributed by atoms with van der Waals surface area (Å²) in [6.07, 6.45) is -2.40. The van der Waals surface area contributed by atoms with Gasteiger partial charge in [0.25, 0.3) is 0 Å². The van der Waals surface area contributed by atoms with E-state index in [1.165, 1.54) is 0 Å². The molecule has 1 heterocycles. The molecule has 1 saturated carbocycles. The number of rotatable bonds is 5. The minimum Gasteiger partial charge on any atom is -0.368 e. The summed E-state index contributed by atoms with van der Waals surface area (Å²) in [7, 11) is 1.86. The molecule has 1 N–H and O–H groups in total. The predicted octanol–water partition coefficient (Wildman–Crippen LogP) is 2.80. The molecule has 2 aliphatic rings. The van der Waals surface area contributed by atoms with E-state index in [1.807, 2.05) is 34.7 Å². The van der Waals surface area contributed by atoms with Crippen LogP contribution in [0.2, 0.25) is 0 Å². The molecule has 3 nitrogen and oxygen atoms in total. The van der Waals surface area contributed by atoms with Crippen LogP contribution in [0.3, 0.4) is 0 Å². The largest absolute Gasteiger partial charge is 0.401 e. The number of hydrogen-bond acceptors (Lipinski definition) is 3. The number of nitrogens with zero attached hydrogens (tertiary/aromatic N) is 1. The van der Waals surface area contributed by atoms with Crippen LogP contribution in [0.15, 0.2) is 0 Å². The van der Waals surface area contributed by atoms with Gasteiger partial charge < -0.3 is 10.1 Å². The first-order chi connectivity index (χ1) is 9.46.